The van der Waals surface area contributed by atoms with Gasteiger partial charge in [-0.05, 0) is 42.5 Å². The van der Waals surface area contributed by atoms with Gasteiger partial charge in [-0.3, -0.25) is 9.78 Å². The van der Waals surface area contributed by atoms with Crippen molar-refractivity contribution in [2.24, 2.45) is 0 Å². The Morgan fingerprint density at radius 3 is 2.89 bits per heavy atom. The summed E-state index contributed by atoms with van der Waals surface area (Å²) in [7, 11) is 0. The summed E-state index contributed by atoms with van der Waals surface area (Å²) in [6.07, 6.45) is 3.42. The summed E-state index contributed by atoms with van der Waals surface area (Å²) in [6.45, 7) is 0. The van der Waals surface area contributed by atoms with Gasteiger partial charge in [0.2, 0.25) is 11.8 Å². The molecule has 5 nitrogen and oxygen atoms in total. The van der Waals surface area contributed by atoms with E-state index < -0.39 is 0 Å². The second-order valence-electron chi connectivity index (χ2n) is 4.41. The summed E-state index contributed by atoms with van der Waals surface area (Å²) in [4.78, 5) is 17.5. The van der Waals surface area contributed by atoms with Gasteiger partial charge >= 0.3 is 0 Å². The maximum Gasteiger partial charge on any atom is 0.256 e. The highest BCUT2D eigenvalue weighted by molar-refractivity contribution is 5.56. The summed E-state index contributed by atoms with van der Waals surface area (Å²) in [5.74, 6) is -0.0413. The van der Waals surface area contributed by atoms with Gasteiger partial charge in [-0.2, -0.15) is 4.98 Å². The largest absolute Gasteiger partial charge is 0.493 e. The van der Waals surface area contributed by atoms with Crippen LogP contribution in [0.3, 0.4) is 0 Å². The van der Waals surface area contributed by atoms with Crippen LogP contribution in [0.25, 0.3) is 0 Å². The number of H-pyrrole nitrogens is 1. The molecule has 0 amide bonds. The average Bonchev–Trinajstić information content (AvgIpc) is 2.74. The monoisotopic (exact) mass is 243 g/mol. The van der Waals surface area contributed by atoms with Gasteiger partial charge in [0.1, 0.15) is 0 Å². The second kappa shape index (κ2) is 4.18. The molecular formula is C13H13N3O2. The van der Waals surface area contributed by atoms with E-state index in [4.69, 9.17) is 0 Å². The molecule has 0 fully saturated rings. The van der Waals surface area contributed by atoms with Crippen molar-refractivity contribution in [1.29, 1.82) is 0 Å². The third kappa shape index (κ3) is 2.07. The first-order chi connectivity index (χ1) is 8.70. The molecule has 1 aliphatic carbocycles. The van der Waals surface area contributed by atoms with Crippen LogP contribution in [0.2, 0.25) is 0 Å². The molecule has 0 atom stereocenters. The number of aromatic amines is 1. The average molecular weight is 243 g/mol. The molecule has 2 aromatic rings. The van der Waals surface area contributed by atoms with E-state index in [9.17, 15) is 9.90 Å². The molecular weight excluding hydrogens is 230 g/mol. The summed E-state index contributed by atoms with van der Waals surface area (Å²) in [5.41, 5.74) is 3.20. The number of nitrogens with zero attached hydrogens (tertiary/aromatic N) is 1. The first-order valence-corrected chi connectivity index (χ1v) is 5.90. The van der Waals surface area contributed by atoms with E-state index in [1.54, 1.807) is 0 Å². The minimum atomic E-state index is -0.383. The highest BCUT2D eigenvalue weighted by atomic mass is 16.3. The van der Waals surface area contributed by atoms with Crippen LogP contribution < -0.4 is 10.9 Å². The summed E-state index contributed by atoms with van der Waals surface area (Å²) < 4.78 is 0. The number of aromatic nitrogens is 2. The van der Waals surface area contributed by atoms with Crippen molar-refractivity contribution in [3.8, 4) is 5.88 Å². The zero-order valence-corrected chi connectivity index (χ0v) is 9.73. The molecule has 0 aliphatic heterocycles. The molecule has 0 saturated carbocycles. The van der Waals surface area contributed by atoms with Gasteiger partial charge in [0.25, 0.3) is 5.56 Å². The number of hydrogen-bond donors (Lipinski definition) is 3. The number of nitrogens with one attached hydrogen (secondary N) is 2. The summed E-state index contributed by atoms with van der Waals surface area (Å²) >= 11 is 0. The molecule has 0 bridgehead atoms. The molecule has 0 unspecified atom stereocenters. The molecule has 1 aromatic heterocycles. The lowest BCUT2D eigenvalue weighted by Gasteiger charge is -2.07. The molecule has 1 aliphatic rings. The Balaban J connectivity index is 1.90. The Bertz CT molecular complexity index is 649. The van der Waals surface area contributed by atoms with Crippen LogP contribution in [0.4, 0.5) is 11.6 Å². The number of hydrogen-bond acceptors (Lipinski definition) is 4. The predicted molar refractivity (Wildman–Crippen MR) is 68.3 cm³/mol. The molecule has 18 heavy (non-hydrogen) atoms. The van der Waals surface area contributed by atoms with Gasteiger partial charge in [-0.15, -0.1) is 0 Å². The van der Waals surface area contributed by atoms with Crippen molar-refractivity contribution in [1.82, 2.24) is 9.97 Å². The van der Waals surface area contributed by atoms with E-state index in [2.05, 4.69) is 27.4 Å². The lowest BCUT2D eigenvalue weighted by molar-refractivity contribution is 0.452. The van der Waals surface area contributed by atoms with Crippen molar-refractivity contribution in [2.45, 2.75) is 19.3 Å². The molecule has 92 valence electrons. The fraction of sp³-hybridized carbons (Fsp3) is 0.231. The van der Waals surface area contributed by atoms with Gasteiger partial charge in [0, 0.05) is 5.69 Å². The first-order valence-electron chi connectivity index (χ1n) is 5.90. The molecule has 0 saturated heterocycles. The molecule has 0 spiro atoms. The highest BCUT2D eigenvalue weighted by Gasteiger charge is 2.11. The molecule has 1 aromatic carbocycles. The van der Waals surface area contributed by atoms with Crippen molar-refractivity contribution >= 4 is 11.6 Å². The minimum absolute atomic E-state index is 0.248. The fourth-order valence-corrected chi connectivity index (χ4v) is 2.29. The minimum Gasteiger partial charge on any atom is -0.493 e. The number of fused-ring (bicyclic) bond motifs is 1. The fourth-order valence-electron chi connectivity index (χ4n) is 2.29. The summed E-state index contributed by atoms with van der Waals surface area (Å²) in [6, 6.07) is 7.14. The lowest BCUT2D eigenvalue weighted by Crippen LogP contribution is -2.08. The highest BCUT2D eigenvalue weighted by Crippen LogP contribution is 2.25. The van der Waals surface area contributed by atoms with Crippen molar-refractivity contribution < 1.29 is 5.11 Å². The van der Waals surface area contributed by atoms with Crippen LogP contribution in [-0.2, 0) is 12.8 Å². The number of rotatable bonds is 2. The van der Waals surface area contributed by atoms with Crippen LogP contribution in [0, 0.1) is 0 Å². The number of benzene rings is 1. The van der Waals surface area contributed by atoms with Crippen LogP contribution in [0.15, 0.2) is 29.1 Å². The van der Waals surface area contributed by atoms with E-state index in [0.717, 1.165) is 24.6 Å². The Morgan fingerprint density at radius 2 is 2.06 bits per heavy atom. The zero-order valence-electron chi connectivity index (χ0n) is 9.73. The zero-order chi connectivity index (χ0) is 12.5. The topological polar surface area (TPSA) is 78.0 Å². The Hall–Kier alpha value is -2.30. The van der Waals surface area contributed by atoms with E-state index >= 15 is 0 Å². The van der Waals surface area contributed by atoms with Crippen molar-refractivity contribution in [3.05, 3.63) is 45.7 Å². The van der Waals surface area contributed by atoms with E-state index in [-0.39, 0.29) is 17.4 Å². The second-order valence-corrected chi connectivity index (χ2v) is 4.41. The smallest absolute Gasteiger partial charge is 0.256 e. The van der Waals surface area contributed by atoms with Gasteiger partial charge in [-0.1, -0.05) is 6.07 Å². The van der Waals surface area contributed by atoms with Gasteiger partial charge in [-0.25, -0.2) is 0 Å². The maximum absolute atomic E-state index is 11.2. The predicted octanol–water partition coefficient (Wildman–Crippen LogP) is 1.71. The van der Waals surface area contributed by atoms with Crippen LogP contribution in [0.5, 0.6) is 5.88 Å². The maximum atomic E-state index is 11.2. The van der Waals surface area contributed by atoms with Crippen LogP contribution in [-0.4, -0.2) is 15.1 Å². The Kier molecular flexibility index (Phi) is 2.51. The van der Waals surface area contributed by atoms with E-state index in [1.165, 1.54) is 17.5 Å². The quantitative estimate of drug-likeness (QED) is 0.750. The summed E-state index contributed by atoms with van der Waals surface area (Å²) in [5, 5.41) is 12.2. The van der Waals surface area contributed by atoms with E-state index in [1.807, 2.05) is 6.07 Å². The number of anilines is 2. The molecule has 0 radical (unpaired) electrons. The Labute approximate surface area is 104 Å². The first kappa shape index (κ1) is 10.8. The van der Waals surface area contributed by atoms with Gasteiger partial charge in [0.05, 0.1) is 6.07 Å². The molecule has 5 heteroatoms. The number of aromatic hydroxyl groups is 1. The van der Waals surface area contributed by atoms with Crippen molar-refractivity contribution in [3.63, 3.8) is 0 Å². The lowest BCUT2D eigenvalue weighted by atomic mass is 10.1. The van der Waals surface area contributed by atoms with E-state index in [0.29, 0.717) is 0 Å². The Morgan fingerprint density at radius 1 is 1.22 bits per heavy atom. The van der Waals surface area contributed by atoms with Crippen LogP contribution in [0.1, 0.15) is 17.5 Å². The molecule has 1 heterocycles. The third-order valence-electron chi connectivity index (χ3n) is 3.09. The SMILES string of the molecule is O=c1cc(O)nc(Nc2ccc3c(c2)CCC3)[nH]1. The molecule has 3 N–H and O–H groups in total. The van der Waals surface area contributed by atoms with Gasteiger partial charge < -0.3 is 10.4 Å². The standard InChI is InChI=1S/C13H13N3O2/c17-11-7-12(18)16-13(15-11)14-10-5-4-8-2-1-3-9(8)6-10/h4-7H,1-3H2,(H3,14,15,16,17,18). The number of aryl methyl sites for hydroxylation is 2. The third-order valence-corrected chi connectivity index (χ3v) is 3.09. The van der Waals surface area contributed by atoms with Crippen molar-refractivity contribution in [2.75, 3.05) is 5.32 Å². The normalized spacial score (nSPS) is 13.3. The van der Waals surface area contributed by atoms with Gasteiger partial charge in [0.15, 0.2) is 0 Å². The van der Waals surface area contributed by atoms with Crippen LogP contribution >= 0.6 is 0 Å². The molecule has 3 rings (SSSR count).